The number of methoxy groups -OCH3 is 1. The Morgan fingerprint density at radius 2 is 1.79 bits per heavy atom. The van der Waals surface area contributed by atoms with Crippen molar-refractivity contribution in [1.29, 1.82) is 0 Å². The largest absolute Gasteiger partial charge is 0.467 e. The van der Waals surface area contributed by atoms with E-state index in [0.29, 0.717) is 43.8 Å². The van der Waals surface area contributed by atoms with Crippen molar-refractivity contribution in [3.05, 3.63) is 77.6 Å². The van der Waals surface area contributed by atoms with E-state index >= 15 is 0 Å². The molecule has 2 aromatic carbocycles. The molecule has 1 fully saturated rings. The van der Waals surface area contributed by atoms with Crippen LogP contribution in [0.5, 0.6) is 0 Å². The first-order chi connectivity index (χ1) is 26.7. The summed E-state index contributed by atoms with van der Waals surface area (Å²) in [6.45, 7) is 13.7. The van der Waals surface area contributed by atoms with Gasteiger partial charge in [0.15, 0.2) is 5.78 Å². The number of rotatable bonds is 17. The van der Waals surface area contributed by atoms with Crippen LogP contribution >= 0.6 is 0 Å². The minimum absolute atomic E-state index is 0.0446. The predicted octanol–water partition coefficient (Wildman–Crippen LogP) is 6.22. The van der Waals surface area contributed by atoms with E-state index in [2.05, 4.69) is 20.3 Å². The number of likely N-dealkylation sites (N-methyl/N-ethyl adjacent to an activating group) is 1. The van der Waals surface area contributed by atoms with Gasteiger partial charge in [0.05, 0.1) is 34.5 Å². The summed E-state index contributed by atoms with van der Waals surface area (Å²) >= 11 is 0. The zero-order chi connectivity index (χ0) is 40.7. The van der Waals surface area contributed by atoms with E-state index < -0.39 is 17.5 Å². The van der Waals surface area contributed by atoms with Crippen molar-refractivity contribution in [3.8, 4) is 22.4 Å². The molecule has 0 spiro atoms. The summed E-state index contributed by atoms with van der Waals surface area (Å²) in [5.41, 5.74) is 8.45. The fourth-order valence-corrected chi connectivity index (χ4v) is 7.84. The number of ether oxygens (including phenoxy) is 2. The molecule has 0 aliphatic carbocycles. The minimum atomic E-state index is -1.04. The van der Waals surface area contributed by atoms with Gasteiger partial charge in [0.2, 0.25) is 5.91 Å². The lowest BCUT2D eigenvalue weighted by Crippen LogP contribution is -2.58. The van der Waals surface area contributed by atoms with Gasteiger partial charge in [0.1, 0.15) is 12.6 Å². The molecule has 3 heterocycles. The Bertz CT molecular complexity index is 2020. The van der Waals surface area contributed by atoms with E-state index in [4.69, 9.17) is 9.47 Å². The zero-order valence-corrected chi connectivity index (χ0v) is 34.3. The molecule has 0 saturated carbocycles. The highest BCUT2D eigenvalue weighted by atomic mass is 16.5. The Hall–Kier alpha value is -4.91. The second kappa shape index (κ2) is 18.4. The van der Waals surface area contributed by atoms with Crippen LogP contribution in [0, 0.1) is 11.3 Å². The van der Waals surface area contributed by atoms with Crippen LogP contribution < -0.4 is 10.7 Å². The van der Waals surface area contributed by atoms with Gasteiger partial charge in [-0.25, -0.2) is 5.43 Å². The van der Waals surface area contributed by atoms with Crippen molar-refractivity contribution in [2.45, 2.75) is 85.5 Å². The first-order valence-electron chi connectivity index (χ1n) is 19.6. The summed E-state index contributed by atoms with van der Waals surface area (Å²) in [4.78, 5) is 60.2. The first kappa shape index (κ1) is 42.2. The smallest absolute Gasteiger partial charge is 0.293 e. The van der Waals surface area contributed by atoms with Crippen LogP contribution in [0.4, 0.5) is 0 Å². The van der Waals surface area contributed by atoms with Crippen molar-refractivity contribution in [2.75, 3.05) is 40.9 Å². The molecule has 2 N–H and O–H groups in total. The molecule has 12 heteroatoms. The maximum absolute atomic E-state index is 14.8. The summed E-state index contributed by atoms with van der Waals surface area (Å²) in [5, 5.41) is 5.51. The molecule has 1 aliphatic heterocycles. The fourth-order valence-electron chi connectivity index (χ4n) is 7.84. The molecule has 1 saturated heterocycles. The molecular weight excluding hydrogens is 709 g/mol. The molecule has 56 heavy (non-hydrogen) atoms. The second-order valence-electron chi connectivity index (χ2n) is 15.9. The van der Waals surface area contributed by atoms with Gasteiger partial charge in [-0.3, -0.25) is 34.1 Å². The molecule has 12 nitrogen and oxygen atoms in total. The Balaban J connectivity index is 1.62. The van der Waals surface area contributed by atoms with Gasteiger partial charge in [-0.15, -0.1) is 0 Å². The van der Waals surface area contributed by atoms with Gasteiger partial charge in [-0.2, -0.15) is 0 Å². The number of Topliss-reactive ketones (excluding diaryl/α,β-unsaturated/α-hetero) is 1. The summed E-state index contributed by atoms with van der Waals surface area (Å²) in [5.74, 6) is -0.476. The van der Waals surface area contributed by atoms with Crippen molar-refractivity contribution in [2.24, 2.45) is 11.3 Å². The highest BCUT2D eigenvalue weighted by molar-refractivity contribution is 6.16. The van der Waals surface area contributed by atoms with Crippen LogP contribution in [0.15, 0.2) is 60.8 Å². The average molecular weight is 767 g/mol. The standard InChI is InChI=1S/C44H58N6O6/c1-10-49-36-19-18-32(25-34(36)37(41(52)44(5,6)26-56-27-51)40(49)33-17-14-20-45-38(33)29(4)55-9)31-16-13-15-30(23-31)24-35(43(54)50-22-12-11-21-46-50)47-42(53)39(28(2)3)48(7)8/h13-20,23,25,27-29,35,39,46H,10-12,21-22,24,26H2,1-9H3,(H,47,53). The molecule has 2 aromatic heterocycles. The fraction of sp³-hybridized carbons (Fsp3) is 0.477. The predicted molar refractivity (Wildman–Crippen MR) is 219 cm³/mol. The topological polar surface area (TPSA) is 135 Å². The Morgan fingerprint density at radius 1 is 1.04 bits per heavy atom. The van der Waals surface area contributed by atoms with Crippen molar-refractivity contribution in [1.82, 2.24) is 30.2 Å². The summed E-state index contributed by atoms with van der Waals surface area (Å²) in [6.07, 6.45) is 3.56. The number of benzene rings is 2. The van der Waals surface area contributed by atoms with Crippen LogP contribution in [0.1, 0.15) is 82.1 Å². The molecule has 0 radical (unpaired) electrons. The van der Waals surface area contributed by atoms with E-state index in [9.17, 15) is 19.2 Å². The van der Waals surface area contributed by atoms with Gasteiger partial charge in [0, 0.05) is 55.8 Å². The van der Waals surface area contributed by atoms with Gasteiger partial charge in [-0.1, -0.05) is 44.2 Å². The van der Waals surface area contributed by atoms with Crippen LogP contribution in [0.3, 0.4) is 0 Å². The SMILES string of the molecule is CCn1c(-c2cccnc2C(C)OC)c(C(=O)C(C)(C)COC=O)c2cc(-c3cccc(CC(NC(=O)C(C(C)C)N(C)C)C(=O)N4CCCCN4)c3)ccc21. The lowest BCUT2D eigenvalue weighted by molar-refractivity contribution is -0.141. The highest BCUT2D eigenvalue weighted by Gasteiger charge is 2.36. The molecular formula is C44H58N6O6. The van der Waals surface area contributed by atoms with Crippen molar-refractivity contribution >= 4 is 35.0 Å². The summed E-state index contributed by atoms with van der Waals surface area (Å²) < 4.78 is 13.0. The number of carbonyl (C=O) groups is 4. The molecule has 3 unspecified atom stereocenters. The number of hydrogen-bond acceptors (Lipinski definition) is 9. The minimum Gasteiger partial charge on any atom is -0.467 e. The number of aromatic nitrogens is 2. The third-order valence-electron chi connectivity index (χ3n) is 10.7. The van der Waals surface area contributed by atoms with Crippen molar-refractivity contribution in [3.63, 3.8) is 0 Å². The number of pyridine rings is 1. The number of nitrogens with one attached hydrogen (secondary N) is 2. The zero-order valence-electron chi connectivity index (χ0n) is 34.3. The van der Waals surface area contributed by atoms with Crippen LogP contribution in [0.25, 0.3) is 33.3 Å². The number of carbonyl (C=O) groups excluding carboxylic acids is 4. The third kappa shape index (κ3) is 9.04. The number of nitrogens with zero attached hydrogens (tertiary/aromatic N) is 4. The number of ketones is 1. The van der Waals surface area contributed by atoms with Gasteiger partial charge >= 0.3 is 0 Å². The van der Waals surface area contributed by atoms with E-state index in [1.165, 1.54) is 0 Å². The Morgan fingerprint density at radius 3 is 2.43 bits per heavy atom. The molecule has 300 valence electrons. The number of hydrazine groups is 1. The highest BCUT2D eigenvalue weighted by Crippen LogP contribution is 2.41. The second-order valence-corrected chi connectivity index (χ2v) is 15.9. The number of hydrogen-bond donors (Lipinski definition) is 2. The van der Waals surface area contributed by atoms with E-state index in [1.54, 1.807) is 32.2 Å². The first-order valence-corrected chi connectivity index (χ1v) is 19.6. The van der Waals surface area contributed by atoms with Gasteiger partial charge in [-0.05, 0) is 102 Å². The van der Waals surface area contributed by atoms with Gasteiger partial charge in [0.25, 0.3) is 12.4 Å². The lowest BCUT2D eigenvalue weighted by Gasteiger charge is -2.33. The van der Waals surface area contributed by atoms with Crippen LogP contribution in [-0.2, 0) is 36.8 Å². The maximum atomic E-state index is 14.8. The molecule has 0 bridgehead atoms. The number of aryl methyl sites for hydroxylation is 1. The Kier molecular flexibility index (Phi) is 13.8. The van der Waals surface area contributed by atoms with Gasteiger partial charge < -0.3 is 19.4 Å². The molecule has 1 aliphatic rings. The lowest BCUT2D eigenvalue weighted by atomic mass is 9.82. The summed E-state index contributed by atoms with van der Waals surface area (Å²) in [7, 11) is 5.38. The van der Waals surface area contributed by atoms with Crippen LogP contribution in [-0.4, -0.2) is 96.5 Å². The Labute approximate surface area is 330 Å². The quantitative estimate of drug-likeness (QED) is 0.0949. The monoisotopic (exact) mass is 766 g/mol. The summed E-state index contributed by atoms with van der Waals surface area (Å²) in [6, 6.07) is 16.7. The van der Waals surface area contributed by atoms with Crippen molar-refractivity contribution < 1.29 is 28.7 Å². The maximum Gasteiger partial charge on any atom is 0.293 e. The number of fused-ring (bicyclic) bond motifs is 1. The number of amides is 2. The van der Waals surface area contributed by atoms with E-state index in [0.717, 1.165) is 51.7 Å². The van der Waals surface area contributed by atoms with E-state index in [-0.39, 0.29) is 36.2 Å². The van der Waals surface area contributed by atoms with E-state index in [1.807, 2.05) is 101 Å². The molecule has 4 aromatic rings. The molecule has 3 atom stereocenters. The molecule has 2 amide bonds. The average Bonchev–Trinajstić information content (AvgIpc) is 3.52. The third-order valence-corrected chi connectivity index (χ3v) is 10.7. The molecule has 5 rings (SSSR count). The normalized spacial score (nSPS) is 15.2. The van der Waals surface area contributed by atoms with Crippen LogP contribution in [0.2, 0.25) is 0 Å².